The monoisotopic (exact) mass is 302 g/mol. The zero-order valence-electron chi connectivity index (χ0n) is 12.3. The van der Waals surface area contributed by atoms with Crippen molar-refractivity contribution in [3.8, 4) is 6.07 Å². The summed E-state index contributed by atoms with van der Waals surface area (Å²) in [5.41, 5.74) is 1.78. The van der Waals surface area contributed by atoms with Crippen molar-refractivity contribution in [3.63, 3.8) is 0 Å². The molecule has 0 aliphatic rings. The number of ether oxygens (including phenoxy) is 1. The number of amides is 1. The molecular weight excluding hydrogens is 288 g/mol. The van der Waals surface area contributed by atoms with Crippen LogP contribution in [0.15, 0.2) is 66.7 Å². The lowest BCUT2D eigenvalue weighted by Gasteiger charge is -2.11. The minimum absolute atomic E-state index is 0.180. The first kappa shape index (κ1) is 14.6. The molecular formula is C19H14N2O2. The van der Waals surface area contributed by atoms with E-state index in [-0.39, 0.29) is 6.61 Å². The summed E-state index contributed by atoms with van der Waals surface area (Å²) in [5, 5.41) is 13.7. The number of carbonyl (C=O) groups excluding carboxylic acids is 1. The van der Waals surface area contributed by atoms with Crippen molar-refractivity contribution < 1.29 is 9.53 Å². The van der Waals surface area contributed by atoms with E-state index in [1.807, 2.05) is 60.7 Å². The van der Waals surface area contributed by atoms with E-state index in [4.69, 9.17) is 4.74 Å². The third-order valence-electron chi connectivity index (χ3n) is 3.49. The molecule has 112 valence electrons. The summed E-state index contributed by atoms with van der Waals surface area (Å²) in [4.78, 5) is 12.1. The molecule has 0 saturated heterocycles. The lowest BCUT2D eigenvalue weighted by atomic mass is 10.0. The van der Waals surface area contributed by atoms with Crippen LogP contribution in [0.2, 0.25) is 0 Å². The maximum absolute atomic E-state index is 12.1. The van der Waals surface area contributed by atoms with Crippen molar-refractivity contribution in [1.29, 1.82) is 5.26 Å². The number of nitriles is 1. The highest BCUT2D eigenvalue weighted by Gasteiger charge is 2.11. The number of hydrogen-bond donors (Lipinski definition) is 1. The van der Waals surface area contributed by atoms with Crippen LogP contribution in [-0.4, -0.2) is 6.09 Å². The van der Waals surface area contributed by atoms with E-state index >= 15 is 0 Å². The van der Waals surface area contributed by atoms with Crippen molar-refractivity contribution in [2.45, 2.75) is 6.61 Å². The molecule has 0 unspecified atom stereocenters. The molecule has 4 heteroatoms. The highest BCUT2D eigenvalue weighted by Crippen LogP contribution is 2.27. The van der Waals surface area contributed by atoms with Gasteiger partial charge in [0.15, 0.2) is 0 Å². The fraction of sp³-hybridized carbons (Fsp3) is 0.0526. The summed E-state index contributed by atoms with van der Waals surface area (Å²) < 4.78 is 5.22. The summed E-state index contributed by atoms with van der Waals surface area (Å²) in [6.45, 7) is 0.180. The largest absolute Gasteiger partial charge is 0.444 e. The number of hydrogen-bond acceptors (Lipinski definition) is 3. The molecule has 0 heterocycles. The number of fused-ring (bicyclic) bond motifs is 1. The van der Waals surface area contributed by atoms with Crippen LogP contribution in [0, 0.1) is 11.3 Å². The molecule has 0 bridgehead atoms. The Morgan fingerprint density at radius 3 is 2.52 bits per heavy atom. The van der Waals surface area contributed by atoms with E-state index in [9.17, 15) is 10.1 Å². The van der Waals surface area contributed by atoms with Crippen molar-refractivity contribution in [3.05, 3.63) is 77.9 Å². The van der Waals surface area contributed by atoms with E-state index in [1.165, 1.54) is 0 Å². The van der Waals surface area contributed by atoms with Crippen molar-refractivity contribution in [1.82, 2.24) is 0 Å². The standard InChI is InChI=1S/C19H14N2O2/c20-12-16-11-10-15-8-4-5-9-17(15)18(16)21-19(22)23-13-14-6-2-1-3-7-14/h1-11H,13H2,(H,21,22). The number of anilines is 1. The van der Waals surface area contributed by atoms with Gasteiger partial charge >= 0.3 is 6.09 Å². The maximum atomic E-state index is 12.1. The van der Waals surface area contributed by atoms with E-state index < -0.39 is 6.09 Å². The van der Waals surface area contributed by atoms with Crippen LogP contribution in [0.25, 0.3) is 10.8 Å². The zero-order chi connectivity index (χ0) is 16.1. The predicted molar refractivity (Wildman–Crippen MR) is 88.9 cm³/mol. The van der Waals surface area contributed by atoms with Crippen LogP contribution in [0.5, 0.6) is 0 Å². The summed E-state index contributed by atoms with van der Waals surface area (Å²) in [6, 6.07) is 22.6. The van der Waals surface area contributed by atoms with E-state index in [0.717, 1.165) is 16.3 Å². The molecule has 3 rings (SSSR count). The Balaban J connectivity index is 1.80. The van der Waals surface area contributed by atoms with Gasteiger partial charge in [-0.2, -0.15) is 5.26 Å². The van der Waals surface area contributed by atoms with Gasteiger partial charge in [-0.1, -0.05) is 60.7 Å². The molecule has 3 aromatic rings. The predicted octanol–water partition coefficient (Wildman–Crippen LogP) is 4.46. The van der Waals surface area contributed by atoms with Crippen LogP contribution in [0.4, 0.5) is 10.5 Å². The Morgan fingerprint density at radius 1 is 1.00 bits per heavy atom. The van der Waals surface area contributed by atoms with Crippen molar-refractivity contribution in [2.75, 3.05) is 5.32 Å². The molecule has 23 heavy (non-hydrogen) atoms. The Bertz CT molecular complexity index is 883. The van der Waals surface area contributed by atoms with Crippen molar-refractivity contribution >= 4 is 22.6 Å². The van der Waals surface area contributed by atoms with Crippen LogP contribution in [-0.2, 0) is 11.3 Å². The molecule has 0 saturated carbocycles. The second-order valence-corrected chi connectivity index (χ2v) is 5.01. The van der Waals surface area contributed by atoms with Crippen molar-refractivity contribution in [2.24, 2.45) is 0 Å². The molecule has 0 radical (unpaired) electrons. The Morgan fingerprint density at radius 2 is 1.74 bits per heavy atom. The molecule has 0 aliphatic heterocycles. The smallest absolute Gasteiger partial charge is 0.412 e. The second kappa shape index (κ2) is 6.63. The molecule has 1 N–H and O–H groups in total. The Labute approximate surface area is 133 Å². The van der Waals surface area contributed by atoms with Crippen LogP contribution in [0.1, 0.15) is 11.1 Å². The molecule has 4 nitrogen and oxygen atoms in total. The lowest BCUT2D eigenvalue weighted by molar-refractivity contribution is 0.155. The topological polar surface area (TPSA) is 62.1 Å². The number of rotatable bonds is 3. The average molecular weight is 302 g/mol. The van der Waals surface area contributed by atoms with E-state index in [2.05, 4.69) is 11.4 Å². The lowest BCUT2D eigenvalue weighted by Crippen LogP contribution is -2.14. The molecule has 0 atom stereocenters. The summed E-state index contributed by atoms with van der Waals surface area (Å²) in [5.74, 6) is 0. The van der Waals surface area contributed by atoms with Gasteiger partial charge in [0.25, 0.3) is 0 Å². The minimum Gasteiger partial charge on any atom is -0.444 e. The van der Waals surface area contributed by atoms with Gasteiger partial charge in [-0.05, 0) is 17.0 Å². The van der Waals surface area contributed by atoms with Crippen LogP contribution < -0.4 is 5.32 Å². The SMILES string of the molecule is N#Cc1ccc2ccccc2c1NC(=O)OCc1ccccc1. The van der Waals surface area contributed by atoms with Gasteiger partial charge in [0.05, 0.1) is 11.3 Å². The first-order valence-electron chi connectivity index (χ1n) is 7.17. The number of benzene rings is 3. The van der Waals surface area contributed by atoms with Gasteiger partial charge in [0.1, 0.15) is 12.7 Å². The normalized spacial score (nSPS) is 10.0. The zero-order valence-corrected chi connectivity index (χ0v) is 12.3. The molecule has 1 amide bonds. The van der Waals surface area contributed by atoms with Crippen LogP contribution >= 0.6 is 0 Å². The van der Waals surface area contributed by atoms with E-state index in [1.54, 1.807) is 6.07 Å². The van der Waals surface area contributed by atoms with Gasteiger partial charge in [0.2, 0.25) is 0 Å². The molecule has 0 aliphatic carbocycles. The third-order valence-corrected chi connectivity index (χ3v) is 3.49. The highest BCUT2D eigenvalue weighted by atomic mass is 16.5. The van der Waals surface area contributed by atoms with Gasteiger partial charge in [-0.3, -0.25) is 5.32 Å². The summed E-state index contributed by atoms with van der Waals surface area (Å²) >= 11 is 0. The first-order chi connectivity index (χ1) is 11.3. The first-order valence-corrected chi connectivity index (χ1v) is 7.17. The quantitative estimate of drug-likeness (QED) is 0.777. The Hall–Kier alpha value is -3.32. The summed E-state index contributed by atoms with van der Waals surface area (Å²) in [6.07, 6.45) is -0.582. The molecule has 3 aromatic carbocycles. The van der Waals surface area contributed by atoms with Gasteiger partial charge in [-0.25, -0.2) is 4.79 Å². The number of nitrogens with one attached hydrogen (secondary N) is 1. The fourth-order valence-electron chi connectivity index (χ4n) is 2.36. The fourth-order valence-corrected chi connectivity index (χ4v) is 2.36. The summed E-state index contributed by atoms with van der Waals surface area (Å²) in [7, 11) is 0. The number of carbonyl (C=O) groups is 1. The van der Waals surface area contributed by atoms with E-state index in [0.29, 0.717) is 11.3 Å². The molecule has 0 fully saturated rings. The average Bonchev–Trinajstić information content (AvgIpc) is 2.61. The number of nitrogens with zero attached hydrogens (tertiary/aromatic N) is 1. The molecule has 0 spiro atoms. The second-order valence-electron chi connectivity index (χ2n) is 5.01. The third kappa shape index (κ3) is 3.30. The minimum atomic E-state index is -0.582. The van der Waals surface area contributed by atoms with Gasteiger partial charge in [0, 0.05) is 5.39 Å². The maximum Gasteiger partial charge on any atom is 0.412 e. The van der Waals surface area contributed by atoms with Gasteiger partial charge in [-0.15, -0.1) is 0 Å². The van der Waals surface area contributed by atoms with Crippen LogP contribution in [0.3, 0.4) is 0 Å². The Kier molecular flexibility index (Phi) is 4.21. The van der Waals surface area contributed by atoms with Gasteiger partial charge < -0.3 is 4.74 Å². The molecule has 0 aromatic heterocycles. The highest BCUT2D eigenvalue weighted by molar-refractivity contribution is 6.02.